The quantitative estimate of drug-likeness (QED) is 0.729. The first-order chi connectivity index (χ1) is 6.75. The normalized spacial score (nSPS) is 12.5. The van der Waals surface area contributed by atoms with Gasteiger partial charge in [0.2, 0.25) is 0 Å². The number of para-hydroxylation sites is 1. The minimum absolute atomic E-state index is 0.500. The smallest absolute Gasteiger partial charge is 0.125 e. The number of hydrogen-bond acceptors (Lipinski definition) is 3. The fraction of sp³-hybridized carbons (Fsp3) is 0.455. The van der Waals surface area contributed by atoms with Gasteiger partial charge in [0, 0.05) is 12.7 Å². The Morgan fingerprint density at radius 3 is 2.64 bits per heavy atom. The molecule has 1 N–H and O–H groups in total. The highest BCUT2D eigenvalue weighted by Gasteiger charge is 2.07. The van der Waals surface area contributed by atoms with Gasteiger partial charge < -0.3 is 14.6 Å². The second kappa shape index (κ2) is 5.62. The Hall–Kier alpha value is -1.06. The van der Waals surface area contributed by atoms with Gasteiger partial charge in [0.15, 0.2) is 0 Å². The average Bonchev–Trinajstić information content (AvgIpc) is 2.19. The van der Waals surface area contributed by atoms with Crippen LogP contribution in [0.3, 0.4) is 0 Å². The van der Waals surface area contributed by atoms with Gasteiger partial charge in [-0.05, 0) is 13.0 Å². The third-order valence-electron chi connectivity index (χ3n) is 1.91. The van der Waals surface area contributed by atoms with E-state index in [1.54, 1.807) is 14.0 Å². The van der Waals surface area contributed by atoms with Gasteiger partial charge >= 0.3 is 0 Å². The van der Waals surface area contributed by atoms with Gasteiger partial charge in [-0.2, -0.15) is 0 Å². The van der Waals surface area contributed by atoms with Crippen LogP contribution in [0.1, 0.15) is 18.6 Å². The highest BCUT2D eigenvalue weighted by atomic mass is 16.5. The Bertz CT molecular complexity index is 271. The molecule has 0 aliphatic heterocycles. The maximum atomic E-state index is 9.45. The van der Waals surface area contributed by atoms with Crippen molar-refractivity contribution >= 4 is 0 Å². The Morgan fingerprint density at radius 2 is 2.00 bits per heavy atom. The van der Waals surface area contributed by atoms with Crippen molar-refractivity contribution in [3.63, 3.8) is 0 Å². The molecule has 0 aromatic heterocycles. The predicted octanol–water partition coefficient (Wildman–Crippen LogP) is 1.77. The summed E-state index contributed by atoms with van der Waals surface area (Å²) in [6, 6.07) is 7.46. The van der Waals surface area contributed by atoms with E-state index in [0.29, 0.717) is 13.2 Å². The number of rotatable bonds is 5. The summed E-state index contributed by atoms with van der Waals surface area (Å²) in [6.07, 6.45) is -0.506. The van der Waals surface area contributed by atoms with E-state index in [1.165, 1.54) is 0 Å². The molecule has 14 heavy (non-hydrogen) atoms. The Kier molecular flexibility index (Phi) is 4.43. The van der Waals surface area contributed by atoms with Gasteiger partial charge in [-0.15, -0.1) is 0 Å². The minimum atomic E-state index is -0.506. The molecule has 0 unspecified atom stereocenters. The molecule has 1 aromatic rings. The topological polar surface area (TPSA) is 38.7 Å². The van der Waals surface area contributed by atoms with Gasteiger partial charge in [-0.1, -0.05) is 18.2 Å². The Morgan fingerprint density at radius 1 is 1.29 bits per heavy atom. The molecule has 1 rings (SSSR count). The van der Waals surface area contributed by atoms with E-state index in [9.17, 15) is 5.11 Å². The van der Waals surface area contributed by atoms with Crippen LogP contribution in [0.5, 0.6) is 5.75 Å². The third kappa shape index (κ3) is 3.01. The number of aliphatic hydroxyl groups is 1. The molecule has 78 valence electrons. The highest BCUT2D eigenvalue weighted by molar-refractivity contribution is 5.34. The van der Waals surface area contributed by atoms with E-state index in [0.717, 1.165) is 11.3 Å². The van der Waals surface area contributed by atoms with E-state index < -0.39 is 6.10 Å². The molecular weight excluding hydrogens is 180 g/mol. The van der Waals surface area contributed by atoms with Gasteiger partial charge in [-0.3, -0.25) is 0 Å². The summed E-state index contributed by atoms with van der Waals surface area (Å²) in [6.45, 7) is 2.77. The second-order valence-corrected chi connectivity index (χ2v) is 3.06. The zero-order valence-electron chi connectivity index (χ0n) is 8.56. The van der Waals surface area contributed by atoms with Gasteiger partial charge in [0.05, 0.1) is 12.7 Å². The maximum absolute atomic E-state index is 9.45. The first-order valence-corrected chi connectivity index (χ1v) is 4.64. The van der Waals surface area contributed by atoms with E-state index in [-0.39, 0.29) is 0 Å². The number of methoxy groups -OCH3 is 1. The summed E-state index contributed by atoms with van der Waals surface area (Å²) in [5.74, 6) is 0.722. The van der Waals surface area contributed by atoms with Crippen molar-refractivity contribution in [2.75, 3.05) is 20.3 Å². The first kappa shape index (κ1) is 11.0. The lowest BCUT2D eigenvalue weighted by Gasteiger charge is -2.12. The SMILES string of the molecule is COCCOc1ccccc1[C@@H](C)O. The molecule has 0 saturated heterocycles. The molecule has 0 saturated carbocycles. The van der Waals surface area contributed by atoms with Crippen molar-refractivity contribution in [1.82, 2.24) is 0 Å². The van der Waals surface area contributed by atoms with Crippen LogP contribution < -0.4 is 4.74 Å². The van der Waals surface area contributed by atoms with E-state index in [1.807, 2.05) is 24.3 Å². The lowest BCUT2D eigenvalue weighted by Crippen LogP contribution is -2.06. The van der Waals surface area contributed by atoms with Crippen molar-refractivity contribution in [1.29, 1.82) is 0 Å². The van der Waals surface area contributed by atoms with Crippen LogP contribution in [0, 0.1) is 0 Å². The Balaban J connectivity index is 2.64. The zero-order chi connectivity index (χ0) is 10.4. The van der Waals surface area contributed by atoms with E-state index in [4.69, 9.17) is 9.47 Å². The van der Waals surface area contributed by atoms with Gasteiger partial charge in [0.25, 0.3) is 0 Å². The molecule has 0 aliphatic rings. The summed E-state index contributed by atoms with van der Waals surface area (Å²) in [7, 11) is 1.63. The predicted molar refractivity (Wildman–Crippen MR) is 54.4 cm³/mol. The van der Waals surface area contributed by atoms with Crippen molar-refractivity contribution in [3.8, 4) is 5.75 Å². The van der Waals surface area contributed by atoms with Crippen LogP contribution in [0.15, 0.2) is 24.3 Å². The number of aliphatic hydroxyl groups excluding tert-OH is 1. The zero-order valence-corrected chi connectivity index (χ0v) is 8.56. The van der Waals surface area contributed by atoms with Crippen LogP contribution in [0.2, 0.25) is 0 Å². The monoisotopic (exact) mass is 196 g/mol. The summed E-state index contributed by atoms with van der Waals surface area (Å²) >= 11 is 0. The molecule has 0 heterocycles. The largest absolute Gasteiger partial charge is 0.491 e. The van der Waals surface area contributed by atoms with Crippen LogP contribution in [0.25, 0.3) is 0 Å². The summed E-state index contributed by atoms with van der Waals surface area (Å²) in [5.41, 5.74) is 0.809. The highest BCUT2D eigenvalue weighted by Crippen LogP contribution is 2.24. The average molecular weight is 196 g/mol. The van der Waals surface area contributed by atoms with Crippen molar-refractivity contribution < 1.29 is 14.6 Å². The van der Waals surface area contributed by atoms with Crippen LogP contribution in [-0.4, -0.2) is 25.4 Å². The standard InChI is InChI=1S/C11H16O3/c1-9(12)10-5-3-4-6-11(10)14-8-7-13-2/h3-6,9,12H,7-8H2,1-2H3/t9-/m1/s1. The molecule has 0 bridgehead atoms. The second-order valence-electron chi connectivity index (χ2n) is 3.06. The van der Waals surface area contributed by atoms with E-state index in [2.05, 4.69) is 0 Å². The minimum Gasteiger partial charge on any atom is -0.491 e. The molecule has 0 spiro atoms. The lowest BCUT2D eigenvalue weighted by atomic mass is 10.1. The summed E-state index contributed by atoms with van der Waals surface area (Å²) in [5, 5.41) is 9.45. The molecule has 0 fully saturated rings. The number of benzene rings is 1. The summed E-state index contributed by atoms with van der Waals surface area (Å²) < 4.78 is 10.3. The third-order valence-corrected chi connectivity index (χ3v) is 1.91. The van der Waals surface area contributed by atoms with Crippen LogP contribution in [-0.2, 0) is 4.74 Å². The maximum Gasteiger partial charge on any atom is 0.125 e. The molecule has 0 aliphatic carbocycles. The summed E-state index contributed by atoms with van der Waals surface area (Å²) in [4.78, 5) is 0. The molecule has 0 amide bonds. The fourth-order valence-electron chi connectivity index (χ4n) is 1.19. The fourth-order valence-corrected chi connectivity index (χ4v) is 1.19. The molecule has 3 heteroatoms. The molecule has 0 radical (unpaired) electrons. The van der Waals surface area contributed by atoms with E-state index >= 15 is 0 Å². The molecule has 3 nitrogen and oxygen atoms in total. The number of ether oxygens (including phenoxy) is 2. The van der Waals surface area contributed by atoms with Crippen molar-refractivity contribution in [2.45, 2.75) is 13.0 Å². The van der Waals surface area contributed by atoms with Crippen molar-refractivity contribution in [2.24, 2.45) is 0 Å². The van der Waals surface area contributed by atoms with Crippen LogP contribution >= 0.6 is 0 Å². The molecule has 1 aromatic carbocycles. The first-order valence-electron chi connectivity index (χ1n) is 4.64. The molecule has 1 atom stereocenters. The van der Waals surface area contributed by atoms with Crippen molar-refractivity contribution in [3.05, 3.63) is 29.8 Å². The van der Waals surface area contributed by atoms with Crippen LogP contribution in [0.4, 0.5) is 0 Å². The Labute approximate surface area is 84.3 Å². The molecular formula is C11H16O3. The lowest BCUT2D eigenvalue weighted by molar-refractivity contribution is 0.141. The number of hydrogen-bond donors (Lipinski definition) is 1. The van der Waals surface area contributed by atoms with Gasteiger partial charge in [0.1, 0.15) is 12.4 Å². The van der Waals surface area contributed by atoms with Gasteiger partial charge in [-0.25, -0.2) is 0 Å².